The van der Waals surface area contributed by atoms with E-state index in [9.17, 15) is 4.79 Å². The number of hydrogen-bond donors (Lipinski definition) is 1. The summed E-state index contributed by atoms with van der Waals surface area (Å²) in [5.74, 6) is 0.590. The SMILES string of the molecule is COC1=C(OC)CC(CC(=O)O)C=C1. The summed E-state index contributed by atoms with van der Waals surface area (Å²) >= 11 is 0. The molecule has 0 saturated heterocycles. The van der Waals surface area contributed by atoms with E-state index in [1.54, 1.807) is 20.3 Å². The summed E-state index contributed by atoms with van der Waals surface area (Å²) < 4.78 is 10.2. The number of hydrogen-bond acceptors (Lipinski definition) is 3. The quantitative estimate of drug-likeness (QED) is 0.744. The van der Waals surface area contributed by atoms with Gasteiger partial charge in [0.05, 0.1) is 20.6 Å². The molecule has 1 unspecified atom stereocenters. The highest BCUT2D eigenvalue weighted by Crippen LogP contribution is 2.26. The van der Waals surface area contributed by atoms with E-state index in [0.717, 1.165) is 0 Å². The Bertz CT molecular complexity index is 278. The maximum Gasteiger partial charge on any atom is 0.303 e. The average Bonchev–Trinajstić information content (AvgIpc) is 2.16. The smallest absolute Gasteiger partial charge is 0.303 e. The van der Waals surface area contributed by atoms with Crippen LogP contribution in [0, 0.1) is 5.92 Å². The molecule has 0 aromatic rings. The highest BCUT2D eigenvalue weighted by atomic mass is 16.5. The molecule has 0 bridgehead atoms. The largest absolute Gasteiger partial charge is 0.497 e. The van der Waals surface area contributed by atoms with E-state index in [-0.39, 0.29) is 12.3 Å². The Kier molecular flexibility index (Phi) is 3.56. The molecule has 78 valence electrons. The van der Waals surface area contributed by atoms with Crippen LogP contribution in [0.3, 0.4) is 0 Å². The number of carboxylic acids is 1. The van der Waals surface area contributed by atoms with Crippen LogP contribution in [0.5, 0.6) is 0 Å². The van der Waals surface area contributed by atoms with Crippen LogP contribution in [-0.4, -0.2) is 25.3 Å². The fourth-order valence-corrected chi connectivity index (χ4v) is 1.45. The van der Waals surface area contributed by atoms with Gasteiger partial charge in [-0.2, -0.15) is 0 Å². The third-order valence-electron chi connectivity index (χ3n) is 2.15. The van der Waals surface area contributed by atoms with Gasteiger partial charge in [-0.05, 0) is 12.0 Å². The molecule has 0 fully saturated rings. The molecular weight excluding hydrogens is 184 g/mol. The van der Waals surface area contributed by atoms with Crippen molar-refractivity contribution in [1.29, 1.82) is 0 Å². The summed E-state index contributed by atoms with van der Waals surface area (Å²) in [5.41, 5.74) is 0. The highest BCUT2D eigenvalue weighted by molar-refractivity contribution is 5.67. The number of aliphatic carboxylic acids is 1. The first-order valence-corrected chi connectivity index (χ1v) is 4.38. The minimum Gasteiger partial charge on any atom is -0.497 e. The maximum absolute atomic E-state index is 10.5. The first-order valence-electron chi connectivity index (χ1n) is 4.38. The molecule has 0 aliphatic heterocycles. The van der Waals surface area contributed by atoms with Gasteiger partial charge in [0.15, 0.2) is 5.76 Å². The van der Waals surface area contributed by atoms with Crippen LogP contribution in [0.1, 0.15) is 12.8 Å². The number of carbonyl (C=O) groups is 1. The van der Waals surface area contributed by atoms with Gasteiger partial charge in [0.2, 0.25) is 0 Å². The zero-order valence-electron chi connectivity index (χ0n) is 8.32. The summed E-state index contributed by atoms with van der Waals surface area (Å²) in [5, 5.41) is 8.63. The van der Waals surface area contributed by atoms with Crippen molar-refractivity contribution in [1.82, 2.24) is 0 Å². The van der Waals surface area contributed by atoms with E-state index in [1.807, 2.05) is 6.08 Å². The second-order valence-electron chi connectivity index (χ2n) is 3.12. The van der Waals surface area contributed by atoms with Crippen LogP contribution in [-0.2, 0) is 14.3 Å². The molecule has 1 aliphatic rings. The van der Waals surface area contributed by atoms with Crippen LogP contribution in [0.2, 0.25) is 0 Å². The number of methoxy groups -OCH3 is 2. The van der Waals surface area contributed by atoms with Crippen molar-refractivity contribution in [2.75, 3.05) is 14.2 Å². The average molecular weight is 198 g/mol. The zero-order valence-corrected chi connectivity index (χ0v) is 8.32. The van der Waals surface area contributed by atoms with Crippen LogP contribution in [0.15, 0.2) is 23.7 Å². The molecule has 0 heterocycles. The molecule has 14 heavy (non-hydrogen) atoms. The Morgan fingerprint density at radius 1 is 1.57 bits per heavy atom. The number of allylic oxidation sites excluding steroid dienone is 3. The molecule has 0 spiro atoms. The molecule has 0 radical (unpaired) electrons. The van der Waals surface area contributed by atoms with E-state index in [1.165, 1.54) is 0 Å². The highest BCUT2D eigenvalue weighted by Gasteiger charge is 2.19. The van der Waals surface area contributed by atoms with Crippen LogP contribution < -0.4 is 0 Å². The van der Waals surface area contributed by atoms with Crippen molar-refractivity contribution >= 4 is 5.97 Å². The van der Waals surface area contributed by atoms with Crippen molar-refractivity contribution in [3.63, 3.8) is 0 Å². The van der Waals surface area contributed by atoms with Crippen molar-refractivity contribution in [2.45, 2.75) is 12.8 Å². The molecular formula is C10H14O4. The van der Waals surface area contributed by atoms with Gasteiger partial charge in [0.25, 0.3) is 0 Å². The van der Waals surface area contributed by atoms with Gasteiger partial charge in [-0.15, -0.1) is 0 Å². The Hall–Kier alpha value is -1.45. The lowest BCUT2D eigenvalue weighted by Crippen LogP contribution is -2.12. The summed E-state index contributed by atoms with van der Waals surface area (Å²) in [6.45, 7) is 0. The van der Waals surface area contributed by atoms with Crippen LogP contribution in [0.25, 0.3) is 0 Å². The van der Waals surface area contributed by atoms with Crippen molar-refractivity contribution in [3.8, 4) is 0 Å². The number of carboxylic acid groups (broad SMARTS) is 1. The fourth-order valence-electron chi connectivity index (χ4n) is 1.45. The molecule has 0 aromatic carbocycles. The molecule has 0 aromatic heterocycles. The normalized spacial score (nSPS) is 20.9. The third kappa shape index (κ3) is 2.52. The van der Waals surface area contributed by atoms with E-state index in [0.29, 0.717) is 17.9 Å². The third-order valence-corrected chi connectivity index (χ3v) is 2.15. The molecule has 1 atom stereocenters. The lowest BCUT2D eigenvalue weighted by atomic mass is 9.95. The Balaban J connectivity index is 2.66. The fraction of sp³-hybridized carbons (Fsp3) is 0.500. The first-order chi connectivity index (χ1) is 6.67. The lowest BCUT2D eigenvalue weighted by Gasteiger charge is -2.19. The molecule has 1 rings (SSSR count). The second kappa shape index (κ2) is 4.69. The summed E-state index contributed by atoms with van der Waals surface area (Å²) in [6.07, 6.45) is 4.31. The van der Waals surface area contributed by atoms with Crippen molar-refractivity contribution in [2.24, 2.45) is 5.92 Å². The van der Waals surface area contributed by atoms with Gasteiger partial charge in [0.1, 0.15) is 5.76 Å². The summed E-state index contributed by atoms with van der Waals surface area (Å²) in [7, 11) is 3.13. The van der Waals surface area contributed by atoms with Gasteiger partial charge in [-0.1, -0.05) is 6.08 Å². The Labute approximate surface area is 82.8 Å². The summed E-state index contributed by atoms with van der Waals surface area (Å²) in [4.78, 5) is 10.5. The van der Waals surface area contributed by atoms with Crippen molar-refractivity contribution in [3.05, 3.63) is 23.7 Å². The minimum atomic E-state index is -0.795. The topological polar surface area (TPSA) is 55.8 Å². The van der Waals surface area contributed by atoms with E-state index < -0.39 is 5.97 Å². The molecule has 0 saturated carbocycles. The first kappa shape index (κ1) is 10.6. The second-order valence-corrected chi connectivity index (χ2v) is 3.12. The monoisotopic (exact) mass is 198 g/mol. The molecule has 1 aliphatic carbocycles. The van der Waals surface area contributed by atoms with E-state index in [4.69, 9.17) is 14.6 Å². The summed E-state index contributed by atoms with van der Waals surface area (Å²) in [6, 6.07) is 0. The molecule has 1 N–H and O–H groups in total. The van der Waals surface area contributed by atoms with Gasteiger partial charge in [0, 0.05) is 6.42 Å². The van der Waals surface area contributed by atoms with E-state index >= 15 is 0 Å². The minimum absolute atomic E-state index is 0.00125. The predicted octanol–water partition coefficient (Wildman–Crippen LogP) is 1.54. The molecule has 4 nitrogen and oxygen atoms in total. The van der Waals surface area contributed by atoms with E-state index in [2.05, 4.69) is 0 Å². The zero-order chi connectivity index (χ0) is 10.6. The van der Waals surface area contributed by atoms with Crippen LogP contribution >= 0.6 is 0 Å². The number of rotatable bonds is 4. The van der Waals surface area contributed by atoms with Crippen molar-refractivity contribution < 1.29 is 19.4 Å². The predicted molar refractivity (Wildman–Crippen MR) is 50.5 cm³/mol. The lowest BCUT2D eigenvalue weighted by molar-refractivity contribution is -0.137. The number of ether oxygens (including phenoxy) is 2. The van der Waals surface area contributed by atoms with Crippen LogP contribution in [0.4, 0.5) is 0 Å². The van der Waals surface area contributed by atoms with Gasteiger partial charge < -0.3 is 14.6 Å². The van der Waals surface area contributed by atoms with Gasteiger partial charge >= 0.3 is 5.97 Å². The van der Waals surface area contributed by atoms with Gasteiger partial charge in [-0.3, -0.25) is 4.79 Å². The Morgan fingerprint density at radius 2 is 2.29 bits per heavy atom. The van der Waals surface area contributed by atoms with Gasteiger partial charge in [-0.25, -0.2) is 0 Å². The Morgan fingerprint density at radius 3 is 2.79 bits per heavy atom. The maximum atomic E-state index is 10.5. The molecule has 0 amide bonds. The molecule has 4 heteroatoms. The standard InChI is InChI=1S/C10H14O4/c1-13-8-4-3-7(6-10(11)12)5-9(8)14-2/h3-4,7H,5-6H2,1-2H3,(H,11,12).